The van der Waals surface area contributed by atoms with E-state index >= 15 is 0 Å². The Kier molecular flexibility index (Phi) is 10.4. The molecule has 0 radical (unpaired) electrons. The van der Waals surface area contributed by atoms with E-state index in [0.717, 1.165) is 44.9 Å². The van der Waals surface area contributed by atoms with Gasteiger partial charge in [0.15, 0.2) is 0 Å². The lowest BCUT2D eigenvalue weighted by Gasteiger charge is -2.52. The topological polar surface area (TPSA) is 180 Å². The largest absolute Gasteiger partial charge is 0.347 e. The summed E-state index contributed by atoms with van der Waals surface area (Å²) in [6.07, 6.45) is 15.4. The van der Waals surface area contributed by atoms with Gasteiger partial charge in [-0.1, -0.05) is 65.5 Å². The normalized spacial score (nSPS) is 27.3. The van der Waals surface area contributed by atoms with Gasteiger partial charge in [-0.05, 0) is 61.2 Å². The standard InChI is InChI=1S/C37H51N7O6/c1-5-9-25(30(45)35(49)40-21-12-13-21)41-34(48)29-27-23-15-14-22(23)24(27)19-44(29)36(50)31(37(2,3)4)43-33(47)28(20-10-7-6-8-11-20)42-32(46)26-18-38-16-17-39-26/h14-18,20-25,27-29,31H,5-13,19H2,1-4H3,(H,40,49)(H,41,48)(H,42,46)(H,43,47)/t22-,23?,24-,25+,27+,28+,29+,31-/m1/s1. The third kappa shape index (κ3) is 7.32. The van der Waals surface area contributed by atoms with Crippen LogP contribution in [-0.4, -0.2) is 86.9 Å². The molecular weight excluding hydrogens is 638 g/mol. The second kappa shape index (κ2) is 14.6. The van der Waals surface area contributed by atoms with E-state index in [9.17, 15) is 28.8 Å². The number of nitrogens with zero attached hydrogens (tertiary/aromatic N) is 3. The van der Waals surface area contributed by atoms with Gasteiger partial charge in [-0.25, -0.2) is 4.98 Å². The Labute approximate surface area is 293 Å². The molecule has 5 amide bonds. The van der Waals surface area contributed by atoms with E-state index in [2.05, 4.69) is 43.4 Å². The summed E-state index contributed by atoms with van der Waals surface area (Å²) < 4.78 is 0. The highest BCUT2D eigenvalue weighted by molar-refractivity contribution is 6.38. The third-order valence-corrected chi connectivity index (χ3v) is 11.3. The Morgan fingerprint density at radius 1 is 0.920 bits per heavy atom. The minimum absolute atomic E-state index is 0.00744. The highest BCUT2D eigenvalue weighted by Crippen LogP contribution is 2.59. The zero-order valence-electron chi connectivity index (χ0n) is 29.5. The molecule has 8 atom stereocenters. The molecule has 0 aromatic carbocycles. The number of nitrogens with one attached hydrogen (secondary N) is 4. The Bertz CT molecular complexity index is 1520. The first kappa shape index (κ1) is 35.7. The van der Waals surface area contributed by atoms with E-state index in [1.165, 1.54) is 18.6 Å². The average molecular weight is 690 g/mol. The van der Waals surface area contributed by atoms with Gasteiger partial charge in [0.25, 0.3) is 11.8 Å². The summed E-state index contributed by atoms with van der Waals surface area (Å²) in [7, 11) is 0. The molecule has 270 valence electrons. The highest BCUT2D eigenvalue weighted by atomic mass is 16.2. The molecule has 4 fully saturated rings. The molecule has 0 bridgehead atoms. The lowest BCUT2D eigenvalue weighted by Crippen LogP contribution is -2.63. The summed E-state index contributed by atoms with van der Waals surface area (Å²) in [5.74, 6) is -2.89. The van der Waals surface area contributed by atoms with E-state index in [1.54, 1.807) is 4.90 Å². The smallest absolute Gasteiger partial charge is 0.289 e. The molecule has 1 aromatic rings. The van der Waals surface area contributed by atoms with Gasteiger partial charge in [0.2, 0.25) is 23.5 Å². The molecule has 6 rings (SSSR count). The van der Waals surface area contributed by atoms with Gasteiger partial charge in [-0.3, -0.25) is 33.8 Å². The molecule has 4 aliphatic carbocycles. The third-order valence-electron chi connectivity index (χ3n) is 11.3. The van der Waals surface area contributed by atoms with E-state index in [0.29, 0.717) is 19.4 Å². The molecular formula is C37H51N7O6. The number of aromatic nitrogens is 2. The minimum atomic E-state index is -1.01. The van der Waals surface area contributed by atoms with E-state index in [1.807, 2.05) is 27.7 Å². The molecule has 5 aliphatic rings. The minimum Gasteiger partial charge on any atom is -0.347 e. The fourth-order valence-corrected chi connectivity index (χ4v) is 8.36. The summed E-state index contributed by atoms with van der Waals surface area (Å²) in [6.45, 7) is 7.82. The molecule has 2 heterocycles. The number of amides is 5. The molecule has 1 unspecified atom stereocenters. The number of carbonyl (C=O) groups is 6. The van der Waals surface area contributed by atoms with Crippen LogP contribution in [-0.2, 0) is 24.0 Å². The van der Waals surface area contributed by atoms with Crippen molar-refractivity contribution in [1.82, 2.24) is 36.1 Å². The van der Waals surface area contributed by atoms with Crippen molar-refractivity contribution in [3.8, 4) is 0 Å². The molecule has 13 nitrogen and oxygen atoms in total. The predicted molar refractivity (Wildman–Crippen MR) is 183 cm³/mol. The van der Waals surface area contributed by atoms with Crippen molar-refractivity contribution in [2.45, 2.75) is 116 Å². The molecule has 0 spiro atoms. The summed E-state index contributed by atoms with van der Waals surface area (Å²) in [6, 6.07) is -3.75. The zero-order valence-corrected chi connectivity index (χ0v) is 29.5. The summed E-state index contributed by atoms with van der Waals surface area (Å²) in [5, 5.41) is 11.5. The number of likely N-dealkylation sites (tertiary alicyclic amines) is 1. The molecule has 1 aromatic heterocycles. The average Bonchev–Trinajstić information content (AvgIpc) is 3.84. The van der Waals surface area contributed by atoms with Crippen LogP contribution in [0, 0.1) is 35.0 Å². The van der Waals surface area contributed by atoms with Crippen LogP contribution < -0.4 is 21.3 Å². The first-order valence-corrected chi connectivity index (χ1v) is 18.4. The maximum Gasteiger partial charge on any atom is 0.289 e. The SMILES string of the molecule is CCC[C@H](NC(=O)[C@@H]1[C@H]2C3C=C[C@H]3[C@H]2CN1C(=O)[C@@H](NC(=O)[C@@H](NC(=O)c1cnccn1)C1CCCCC1)C(C)(C)C)C(=O)C(=O)NC1CC1. The van der Waals surface area contributed by atoms with Gasteiger partial charge in [0.05, 0.1) is 12.2 Å². The number of rotatable bonds is 13. The predicted octanol–water partition coefficient (Wildman–Crippen LogP) is 2.08. The second-order valence-corrected chi connectivity index (χ2v) is 15.9. The number of hydrogen-bond donors (Lipinski definition) is 4. The van der Waals surface area contributed by atoms with Crippen molar-refractivity contribution in [3.05, 3.63) is 36.4 Å². The van der Waals surface area contributed by atoms with Gasteiger partial charge in [-0.2, -0.15) is 0 Å². The fraction of sp³-hybridized carbons (Fsp3) is 0.676. The Balaban J connectivity index is 1.22. The Hall–Kier alpha value is -4.16. The summed E-state index contributed by atoms with van der Waals surface area (Å²) >= 11 is 0. The number of Topliss-reactive ketones (excluding diaryl/α,β-unsaturated/α-hetero) is 1. The molecule has 3 saturated carbocycles. The van der Waals surface area contributed by atoms with Crippen LogP contribution in [0.15, 0.2) is 30.7 Å². The van der Waals surface area contributed by atoms with Crippen molar-refractivity contribution < 1.29 is 28.8 Å². The second-order valence-electron chi connectivity index (χ2n) is 15.9. The van der Waals surface area contributed by atoms with Crippen molar-refractivity contribution in [3.63, 3.8) is 0 Å². The van der Waals surface area contributed by atoms with E-state index in [-0.39, 0.29) is 47.2 Å². The van der Waals surface area contributed by atoms with Crippen LogP contribution >= 0.6 is 0 Å². The number of carbonyl (C=O) groups excluding carboxylic acids is 6. The number of ketones is 1. The summed E-state index contributed by atoms with van der Waals surface area (Å²) in [4.78, 5) is 91.8. The number of fused-ring (bicyclic) bond motifs is 4. The van der Waals surface area contributed by atoms with Crippen molar-refractivity contribution in [2.75, 3.05) is 6.54 Å². The number of hydrogen-bond acceptors (Lipinski definition) is 8. The molecule has 50 heavy (non-hydrogen) atoms. The fourth-order valence-electron chi connectivity index (χ4n) is 8.36. The van der Waals surface area contributed by atoms with E-state index < -0.39 is 59.0 Å². The first-order chi connectivity index (χ1) is 23.9. The lowest BCUT2D eigenvalue weighted by molar-refractivity contribution is -0.146. The van der Waals surface area contributed by atoms with Crippen LogP contribution in [0.5, 0.6) is 0 Å². The maximum absolute atomic E-state index is 14.7. The lowest BCUT2D eigenvalue weighted by atomic mass is 9.51. The molecule has 4 N–H and O–H groups in total. The van der Waals surface area contributed by atoms with Crippen LogP contribution in [0.2, 0.25) is 0 Å². The van der Waals surface area contributed by atoms with Gasteiger partial charge in [0.1, 0.15) is 23.8 Å². The van der Waals surface area contributed by atoms with Gasteiger partial charge in [0, 0.05) is 30.9 Å². The van der Waals surface area contributed by atoms with Crippen LogP contribution in [0.1, 0.15) is 96.0 Å². The molecule has 13 heteroatoms. The van der Waals surface area contributed by atoms with Crippen LogP contribution in [0.25, 0.3) is 0 Å². The summed E-state index contributed by atoms with van der Waals surface area (Å²) in [5.41, 5.74) is -0.653. The Morgan fingerprint density at radius 3 is 2.24 bits per heavy atom. The van der Waals surface area contributed by atoms with Crippen LogP contribution in [0.3, 0.4) is 0 Å². The van der Waals surface area contributed by atoms with Crippen molar-refractivity contribution in [2.24, 2.45) is 35.0 Å². The van der Waals surface area contributed by atoms with Gasteiger partial charge < -0.3 is 26.2 Å². The highest BCUT2D eigenvalue weighted by Gasteiger charge is 2.64. The van der Waals surface area contributed by atoms with Crippen molar-refractivity contribution >= 4 is 35.3 Å². The Morgan fingerprint density at radius 2 is 1.64 bits per heavy atom. The maximum atomic E-state index is 14.7. The van der Waals surface area contributed by atoms with Crippen molar-refractivity contribution in [1.29, 1.82) is 0 Å². The number of allylic oxidation sites excluding steroid dienone is 2. The van der Waals surface area contributed by atoms with Gasteiger partial charge >= 0.3 is 0 Å². The van der Waals surface area contributed by atoms with Crippen LogP contribution in [0.4, 0.5) is 0 Å². The zero-order chi connectivity index (χ0) is 35.7. The quantitative estimate of drug-likeness (QED) is 0.180. The monoisotopic (exact) mass is 689 g/mol. The van der Waals surface area contributed by atoms with Gasteiger partial charge in [-0.15, -0.1) is 0 Å². The van der Waals surface area contributed by atoms with E-state index in [4.69, 9.17) is 0 Å². The first-order valence-electron chi connectivity index (χ1n) is 18.4. The molecule has 1 saturated heterocycles. The molecule has 1 aliphatic heterocycles.